The molecule has 0 unspecified atom stereocenters. The Morgan fingerprint density at radius 3 is 2.53 bits per heavy atom. The van der Waals surface area contributed by atoms with Crippen LogP contribution in [0.4, 0.5) is 13.2 Å². The highest BCUT2D eigenvalue weighted by atomic mass is 79.9. The highest BCUT2D eigenvalue weighted by Gasteiger charge is 2.35. The van der Waals surface area contributed by atoms with Gasteiger partial charge in [0, 0.05) is 6.20 Å². The lowest BCUT2D eigenvalue weighted by atomic mass is 10.7. The van der Waals surface area contributed by atoms with E-state index in [1.807, 2.05) is 0 Å². The molecule has 4 nitrogen and oxygen atoms in total. The summed E-state index contributed by atoms with van der Waals surface area (Å²) in [6, 6.07) is 1.59. The fraction of sp³-hybridized carbons (Fsp3) is 0.167. The monoisotopic (exact) mass is 298 g/mol. The second-order valence-corrected chi connectivity index (χ2v) is 4.24. The molecule has 0 spiro atoms. The number of halogens is 4. The summed E-state index contributed by atoms with van der Waals surface area (Å²) < 4.78 is 38.3. The lowest BCUT2D eigenvalue weighted by Gasteiger charge is -1.97. The summed E-state index contributed by atoms with van der Waals surface area (Å²) in [7, 11) is 0. The summed E-state index contributed by atoms with van der Waals surface area (Å²) in [6.07, 6.45) is -2.97. The van der Waals surface area contributed by atoms with E-state index in [2.05, 4.69) is 31.2 Å². The van der Waals surface area contributed by atoms with Gasteiger partial charge in [-0.2, -0.15) is 18.3 Å². The zero-order valence-corrected chi connectivity index (χ0v) is 9.27. The maximum Gasteiger partial charge on any atom is 0.445 e. The molecule has 0 radical (unpaired) electrons. The topological polar surface area (TPSA) is 43.6 Å². The highest BCUT2D eigenvalue weighted by Crippen LogP contribution is 2.32. The largest absolute Gasteiger partial charge is 0.445 e. The Kier molecular flexibility index (Phi) is 2.51. The maximum atomic E-state index is 12.2. The fourth-order valence-electron chi connectivity index (χ4n) is 0.831. The molecule has 2 rings (SSSR count). The van der Waals surface area contributed by atoms with Gasteiger partial charge in [-0.3, -0.25) is 0 Å². The molecule has 2 heterocycles. The SMILES string of the molecule is FC(F)(F)c1nnc(-n2ccc(Br)n2)s1. The Balaban J connectivity index is 2.36. The molecule has 0 saturated carbocycles. The first kappa shape index (κ1) is 10.6. The van der Waals surface area contributed by atoms with Crippen LogP contribution >= 0.6 is 27.3 Å². The first-order valence-electron chi connectivity index (χ1n) is 3.59. The smallest absolute Gasteiger partial charge is 0.211 e. The first-order chi connectivity index (χ1) is 6.97. The minimum absolute atomic E-state index is 0.0769. The molecular weight excluding hydrogens is 297 g/mol. The predicted octanol–water partition coefficient (Wildman–Crippen LogP) is 2.51. The van der Waals surface area contributed by atoms with E-state index < -0.39 is 11.2 Å². The van der Waals surface area contributed by atoms with E-state index in [9.17, 15) is 13.2 Å². The van der Waals surface area contributed by atoms with Crippen LogP contribution in [0.15, 0.2) is 16.9 Å². The van der Waals surface area contributed by atoms with Gasteiger partial charge in [-0.05, 0) is 22.0 Å². The lowest BCUT2D eigenvalue weighted by Crippen LogP contribution is -2.03. The van der Waals surface area contributed by atoms with Gasteiger partial charge in [-0.25, -0.2) is 4.68 Å². The van der Waals surface area contributed by atoms with Crippen molar-refractivity contribution in [2.24, 2.45) is 0 Å². The van der Waals surface area contributed by atoms with Gasteiger partial charge in [0.25, 0.3) is 0 Å². The van der Waals surface area contributed by atoms with Crippen molar-refractivity contribution in [2.75, 3.05) is 0 Å². The van der Waals surface area contributed by atoms with Crippen LogP contribution in [-0.2, 0) is 6.18 Å². The minimum Gasteiger partial charge on any atom is -0.211 e. The molecule has 9 heteroatoms. The van der Waals surface area contributed by atoms with Gasteiger partial charge in [0.2, 0.25) is 10.1 Å². The fourth-order valence-corrected chi connectivity index (χ4v) is 1.77. The number of nitrogens with zero attached hydrogens (tertiary/aromatic N) is 4. The zero-order valence-electron chi connectivity index (χ0n) is 6.86. The predicted molar refractivity (Wildman–Crippen MR) is 49.7 cm³/mol. The van der Waals surface area contributed by atoms with Crippen LogP contribution in [0.2, 0.25) is 0 Å². The second kappa shape index (κ2) is 3.56. The van der Waals surface area contributed by atoms with Crippen molar-refractivity contribution in [2.45, 2.75) is 6.18 Å². The summed E-state index contributed by atoms with van der Waals surface area (Å²) in [4.78, 5) is 0. The molecule has 0 atom stereocenters. The lowest BCUT2D eigenvalue weighted by molar-refractivity contribution is -0.138. The number of alkyl halides is 3. The van der Waals surface area contributed by atoms with E-state index in [-0.39, 0.29) is 5.13 Å². The molecular formula is C6H2BrF3N4S. The Morgan fingerprint density at radius 2 is 2.07 bits per heavy atom. The Bertz CT molecular complexity index is 477. The Hall–Kier alpha value is -0.960. The maximum absolute atomic E-state index is 12.2. The molecule has 0 aliphatic carbocycles. The number of hydrogen-bond acceptors (Lipinski definition) is 4. The van der Waals surface area contributed by atoms with Gasteiger partial charge in [0.05, 0.1) is 0 Å². The number of hydrogen-bond donors (Lipinski definition) is 0. The molecule has 0 amide bonds. The van der Waals surface area contributed by atoms with E-state index in [4.69, 9.17) is 0 Å². The van der Waals surface area contributed by atoms with Gasteiger partial charge >= 0.3 is 6.18 Å². The molecule has 0 N–H and O–H groups in total. The van der Waals surface area contributed by atoms with Gasteiger partial charge in [0.1, 0.15) is 4.60 Å². The third kappa shape index (κ3) is 2.17. The first-order valence-corrected chi connectivity index (χ1v) is 5.20. The van der Waals surface area contributed by atoms with Crippen molar-refractivity contribution in [1.82, 2.24) is 20.0 Å². The van der Waals surface area contributed by atoms with Crippen LogP contribution in [0, 0.1) is 0 Å². The third-order valence-electron chi connectivity index (χ3n) is 1.41. The van der Waals surface area contributed by atoms with Crippen molar-refractivity contribution in [3.05, 3.63) is 21.9 Å². The van der Waals surface area contributed by atoms with Crippen LogP contribution in [0.1, 0.15) is 5.01 Å². The summed E-state index contributed by atoms with van der Waals surface area (Å²) >= 11 is 3.52. The van der Waals surface area contributed by atoms with E-state index in [1.165, 1.54) is 10.9 Å². The van der Waals surface area contributed by atoms with Crippen molar-refractivity contribution in [3.8, 4) is 5.13 Å². The Morgan fingerprint density at radius 1 is 1.33 bits per heavy atom. The summed E-state index contributed by atoms with van der Waals surface area (Å²) in [5.41, 5.74) is 0. The minimum atomic E-state index is -4.46. The average molecular weight is 299 g/mol. The van der Waals surface area contributed by atoms with E-state index >= 15 is 0 Å². The summed E-state index contributed by atoms with van der Waals surface area (Å²) in [6.45, 7) is 0. The van der Waals surface area contributed by atoms with Crippen LogP contribution in [0.3, 0.4) is 0 Å². The molecule has 0 fully saturated rings. The molecule has 0 saturated heterocycles. The van der Waals surface area contributed by atoms with Crippen LogP contribution < -0.4 is 0 Å². The van der Waals surface area contributed by atoms with E-state index in [1.54, 1.807) is 6.07 Å². The molecule has 0 bridgehead atoms. The van der Waals surface area contributed by atoms with Crippen LogP contribution in [0.25, 0.3) is 5.13 Å². The van der Waals surface area contributed by atoms with Gasteiger partial charge in [-0.1, -0.05) is 11.3 Å². The molecule has 0 aliphatic rings. The molecule has 0 aliphatic heterocycles. The second-order valence-electron chi connectivity index (χ2n) is 2.47. The quantitative estimate of drug-likeness (QED) is 0.812. The molecule has 2 aromatic rings. The van der Waals surface area contributed by atoms with Crippen molar-refractivity contribution < 1.29 is 13.2 Å². The van der Waals surface area contributed by atoms with Crippen LogP contribution in [-0.4, -0.2) is 20.0 Å². The molecule has 0 aromatic carbocycles. The van der Waals surface area contributed by atoms with Crippen molar-refractivity contribution in [1.29, 1.82) is 0 Å². The van der Waals surface area contributed by atoms with Gasteiger partial charge in [0.15, 0.2) is 0 Å². The number of aromatic nitrogens is 4. The third-order valence-corrected chi connectivity index (χ3v) is 2.79. The Labute approximate surface area is 93.9 Å². The normalized spacial score (nSPS) is 12.0. The van der Waals surface area contributed by atoms with Gasteiger partial charge < -0.3 is 0 Å². The van der Waals surface area contributed by atoms with Crippen molar-refractivity contribution >= 4 is 27.3 Å². The molecule has 80 valence electrons. The standard InChI is InChI=1S/C6H2BrF3N4S/c7-3-1-2-14(13-3)5-12-11-4(15-5)6(8,9)10/h1-2H. The molecule has 2 aromatic heterocycles. The van der Waals surface area contributed by atoms with Crippen molar-refractivity contribution in [3.63, 3.8) is 0 Å². The average Bonchev–Trinajstić information content (AvgIpc) is 2.69. The number of rotatable bonds is 1. The zero-order chi connectivity index (χ0) is 11.1. The van der Waals surface area contributed by atoms with Crippen LogP contribution in [0.5, 0.6) is 0 Å². The van der Waals surface area contributed by atoms with E-state index in [0.29, 0.717) is 15.9 Å². The van der Waals surface area contributed by atoms with Gasteiger partial charge in [-0.15, -0.1) is 10.2 Å². The summed E-state index contributed by atoms with van der Waals surface area (Å²) in [5.74, 6) is 0. The molecule has 15 heavy (non-hydrogen) atoms. The van der Waals surface area contributed by atoms with E-state index in [0.717, 1.165) is 0 Å². The summed E-state index contributed by atoms with van der Waals surface area (Å²) in [5, 5.41) is 9.38. The highest BCUT2D eigenvalue weighted by molar-refractivity contribution is 9.10.